The van der Waals surface area contributed by atoms with Gasteiger partial charge in [0.15, 0.2) is 12.2 Å². The number of anilines is 1. The molecule has 0 aliphatic carbocycles. The van der Waals surface area contributed by atoms with E-state index >= 15 is 0 Å². The molecule has 2 atom stereocenters. The van der Waals surface area contributed by atoms with E-state index in [1.807, 2.05) is 0 Å². The van der Waals surface area contributed by atoms with Crippen LogP contribution in [-0.2, 0) is 14.3 Å². The second-order valence-corrected chi connectivity index (χ2v) is 4.61. The van der Waals surface area contributed by atoms with Gasteiger partial charge in [0.1, 0.15) is 5.75 Å². The van der Waals surface area contributed by atoms with Gasteiger partial charge in [-0.2, -0.15) is 0 Å². The number of benzene rings is 1. The van der Waals surface area contributed by atoms with Crippen LogP contribution in [0.4, 0.5) is 18.9 Å². The smallest absolute Gasteiger partial charge is 0.479 e. The summed E-state index contributed by atoms with van der Waals surface area (Å²) in [7, 11) is 0. The fourth-order valence-electron chi connectivity index (χ4n) is 2.07. The van der Waals surface area contributed by atoms with E-state index in [-0.39, 0.29) is 18.8 Å². The van der Waals surface area contributed by atoms with Crippen molar-refractivity contribution >= 4 is 17.6 Å². The highest BCUT2D eigenvalue weighted by Crippen LogP contribution is 2.28. The summed E-state index contributed by atoms with van der Waals surface area (Å²) < 4.78 is 45.4. The van der Waals surface area contributed by atoms with Crippen molar-refractivity contribution in [2.24, 2.45) is 0 Å². The SMILES string of the molecule is O=C(O)C(O)C1OCCN(c2cccc(OC(F)(F)F)c2)C1=O. The molecule has 1 aromatic carbocycles. The molecule has 0 bridgehead atoms. The molecule has 23 heavy (non-hydrogen) atoms. The number of hydrogen-bond acceptors (Lipinski definition) is 5. The van der Waals surface area contributed by atoms with Gasteiger partial charge in [-0.05, 0) is 12.1 Å². The summed E-state index contributed by atoms with van der Waals surface area (Å²) in [5.41, 5.74) is 0.0719. The van der Waals surface area contributed by atoms with Gasteiger partial charge < -0.3 is 24.6 Å². The lowest BCUT2D eigenvalue weighted by atomic mass is 10.1. The van der Waals surface area contributed by atoms with Crippen molar-refractivity contribution in [1.82, 2.24) is 0 Å². The third kappa shape index (κ3) is 4.11. The first-order valence-electron chi connectivity index (χ1n) is 6.39. The Morgan fingerprint density at radius 1 is 1.43 bits per heavy atom. The Hall–Kier alpha value is -2.33. The van der Waals surface area contributed by atoms with Gasteiger partial charge in [-0.15, -0.1) is 13.2 Å². The molecule has 0 radical (unpaired) electrons. The Bertz CT molecular complexity index is 606. The van der Waals surface area contributed by atoms with E-state index in [0.717, 1.165) is 17.0 Å². The fourth-order valence-corrected chi connectivity index (χ4v) is 2.07. The summed E-state index contributed by atoms with van der Waals surface area (Å²) >= 11 is 0. The number of carboxylic acid groups (broad SMARTS) is 1. The number of amides is 1. The summed E-state index contributed by atoms with van der Waals surface area (Å²) in [5, 5.41) is 18.2. The standard InChI is InChI=1S/C13H12F3NO6/c14-13(15,16)23-8-3-1-2-7(6-8)17-4-5-22-10(11(17)19)9(18)12(20)21/h1-3,6,9-10,18H,4-5H2,(H,20,21). The number of carbonyl (C=O) groups is 2. The maximum absolute atomic E-state index is 12.2. The zero-order chi connectivity index (χ0) is 17.2. The molecule has 1 aliphatic rings. The molecule has 1 heterocycles. The molecule has 2 rings (SSSR count). The average Bonchev–Trinajstić information content (AvgIpc) is 2.45. The number of carboxylic acids is 1. The lowest BCUT2D eigenvalue weighted by Gasteiger charge is -2.33. The Morgan fingerprint density at radius 3 is 2.74 bits per heavy atom. The molecule has 0 aromatic heterocycles. The van der Waals surface area contributed by atoms with E-state index in [1.54, 1.807) is 0 Å². The number of morpholine rings is 1. The third-order valence-electron chi connectivity index (χ3n) is 3.02. The molecular formula is C13H12F3NO6. The van der Waals surface area contributed by atoms with E-state index < -0.39 is 36.2 Å². The summed E-state index contributed by atoms with van der Waals surface area (Å²) in [6.07, 6.45) is -8.58. The van der Waals surface area contributed by atoms with Crippen molar-refractivity contribution in [1.29, 1.82) is 0 Å². The largest absolute Gasteiger partial charge is 0.573 e. The van der Waals surface area contributed by atoms with Crippen LogP contribution in [-0.4, -0.2) is 53.8 Å². The van der Waals surface area contributed by atoms with Crippen molar-refractivity contribution in [3.8, 4) is 5.75 Å². The summed E-state index contributed by atoms with van der Waals surface area (Å²) in [6, 6.07) is 4.66. The second kappa shape index (κ2) is 6.42. The topological polar surface area (TPSA) is 96.3 Å². The number of aliphatic hydroxyl groups is 1. The van der Waals surface area contributed by atoms with Crippen LogP contribution >= 0.6 is 0 Å². The second-order valence-electron chi connectivity index (χ2n) is 4.61. The quantitative estimate of drug-likeness (QED) is 0.843. The van der Waals surface area contributed by atoms with Gasteiger partial charge in [0.25, 0.3) is 5.91 Å². The van der Waals surface area contributed by atoms with E-state index in [9.17, 15) is 27.9 Å². The number of halogens is 3. The Labute approximate surface area is 127 Å². The third-order valence-corrected chi connectivity index (χ3v) is 3.02. The predicted octanol–water partition coefficient (Wildman–Crippen LogP) is 0.762. The predicted molar refractivity (Wildman–Crippen MR) is 68.9 cm³/mol. The average molecular weight is 335 g/mol. The van der Waals surface area contributed by atoms with E-state index in [0.29, 0.717) is 0 Å². The van der Waals surface area contributed by atoms with Gasteiger partial charge in [-0.25, -0.2) is 4.79 Å². The molecule has 2 N–H and O–H groups in total. The van der Waals surface area contributed by atoms with Crippen molar-refractivity contribution in [2.75, 3.05) is 18.1 Å². The Kier molecular flexibility index (Phi) is 4.76. The molecular weight excluding hydrogens is 323 g/mol. The first-order chi connectivity index (χ1) is 10.7. The summed E-state index contributed by atoms with van der Waals surface area (Å²) in [6.45, 7) is -0.0811. The molecule has 1 saturated heterocycles. The van der Waals surface area contributed by atoms with Crippen LogP contribution in [0.2, 0.25) is 0 Å². The Morgan fingerprint density at radius 2 is 2.13 bits per heavy atom. The maximum Gasteiger partial charge on any atom is 0.573 e. The summed E-state index contributed by atoms with van der Waals surface area (Å²) in [4.78, 5) is 24.0. The fraction of sp³-hybridized carbons (Fsp3) is 0.385. The molecule has 1 amide bonds. The van der Waals surface area contributed by atoms with E-state index in [2.05, 4.69) is 4.74 Å². The minimum atomic E-state index is -4.88. The first-order valence-corrected chi connectivity index (χ1v) is 6.39. The monoisotopic (exact) mass is 335 g/mol. The number of carbonyl (C=O) groups excluding carboxylic acids is 1. The van der Waals surface area contributed by atoms with Crippen molar-refractivity contribution in [2.45, 2.75) is 18.6 Å². The van der Waals surface area contributed by atoms with Crippen molar-refractivity contribution < 1.29 is 42.4 Å². The number of alkyl halides is 3. The zero-order valence-corrected chi connectivity index (χ0v) is 11.5. The van der Waals surface area contributed by atoms with Crippen LogP contribution in [0.1, 0.15) is 0 Å². The molecule has 1 aromatic rings. The van der Waals surface area contributed by atoms with Crippen LogP contribution in [0.5, 0.6) is 5.75 Å². The van der Waals surface area contributed by atoms with E-state index in [1.165, 1.54) is 12.1 Å². The molecule has 2 unspecified atom stereocenters. The molecule has 126 valence electrons. The van der Waals surface area contributed by atoms with Crippen molar-refractivity contribution in [3.63, 3.8) is 0 Å². The van der Waals surface area contributed by atoms with Gasteiger partial charge in [0.05, 0.1) is 6.61 Å². The molecule has 10 heteroatoms. The van der Waals surface area contributed by atoms with Crippen LogP contribution in [0.25, 0.3) is 0 Å². The maximum atomic E-state index is 12.2. The number of hydrogen-bond donors (Lipinski definition) is 2. The number of ether oxygens (including phenoxy) is 2. The first kappa shape index (κ1) is 17.0. The number of nitrogens with zero attached hydrogens (tertiary/aromatic N) is 1. The van der Waals surface area contributed by atoms with Gasteiger partial charge in [-0.3, -0.25) is 4.79 Å². The molecule has 0 spiro atoms. The van der Waals surface area contributed by atoms with E-state index in [4.69, 9.17) is 9.84 Å². The molecule has 0 saturated carbocycles. The lowest BCUT2D eigenvalue weighted by molar-refractivity contribution is -0.274. The van der Waals surface area contributed by atoms with Gasteiger partial charge in [0.2, 0.25) is 0 Å². The minimum absolute atomic E-state index is 0.00283. The number of rotatable bonds is 4. The summed E-state index contributed by atoms with van der Waals surface area (Å²) in [5.74, 6) is -3.03. The number of aliphatic hydroxyl groups excluding tert-OH is 1. The van der Waals surface area contributed by atoms with Gasteiger partial charge in [0, 0.05) is 18.3 Å². The van der Waals surface area contributed by atoms with Crippen LogP contribution in [0, 0.1) is 0 Å². The molecule has 7 nitrogen and oxygen atoms in total. The lowest BCUT2D eigenvalue weighted by Crippen LogP contribution is -2.54. The normalized spacial score (nSPS) is 20.3. The molecule has 1 aliphatic heterocycles. The van der Waals surface area contributed by atoms with Gasteiger partial charge in [-0.1, -0.05) is 6.07 Å². The van der Waals surface area contributed by atoms with Crippen LogP contribution < -0.4 is 9.64 Å². The zero-order valence-electron chi connectivity index (χ0n) is 11.5. The minimum Gasteiger partial charge on any atom is -0.479 e. The highest BCUT2D eigenvalue weighted by molar-refractivity contribution is 6.00. The highest BCUT2D eigenvalue weighted by atomic mass is 19.4. The van der Waals surface area contributed by atoms with Crippen LogP contribution in [0.15, 0.2) is 24.3 Å². The van der Waals surface area contributed by atoms with Crippen molar-refractivity contribution in [3.05, 3.63) is 24.3 Å². The highest BCUT2D eigenvalue weighted by Gasteiger charge is 2.39. The number of aliphatic carboxylic acids is 1. The van der Waals surface area contributed by atoms with Crippen LogP contribution in [0.3, 0.4) is 0 Å². The Balaban J connectivity index is 2.22. The molecule has 1 fully saturated rings. The van der Waals surface area contributed by atoms with Gasteiger partial charge >= 0.3 is 12.3 Å².